The molecule has 0 amide bonds. The Bertz CT molecular complexity index is 411. The first-order chi connectivity index (χ1) is 10.2. The average Bonchev–Trinajstić information content (AvgIpc) is 2.96. The van der Waals surface area contributed by atoms with Crippen LogP contribution in [0, 0.1) is 5.92 Å². The van der Waals surface area contributed by atoms with Gasteiger partial charge in [-0.2, -0.15) is 5.10 Å². The summed E-state index contributed by atoms with van der Waals surface area (Å²) in [5.41, 5.74) is 1.22. The average molecular weight is 292 g/mol. The summed E-state index contributed by atoms with van der Waals surface area (Å²) in [5, 5.41) is 8.27. The Labute approximate surface area is 129 Å². The minimum atomic E-state index is 0.553. The van der Waals surface area contributed by atoms with Crippen molar-refractivity contribution in [2.45, 2.75) is 65.1 Å². The van der Waals surface area contributed by atoms with Crippen LogP contribution in [0.4, 0.5) is 0 Å². The van der Waals surface area contributed by atoms with Crippen molar-refractivity contribution in [2.75, 3.05) is 20.1 Å². The number of aromatic nitrogens is 2. The Kier molecular flexibility index (Phi) is 6.24. The fourth-order valence-corrected chi connectivity index (χ4v) is 3.60. The summed E-state index contributed by atoms with van der Waals surface area (Å²) in [5.74, 6) is 0.768. The predicted octanol–water partition coefficient (Wildman–Crippen LogP) is 3.06. The van der Waals surface area contributed by atoms with Crippen LogP contribution in [0.25, 0.3) is 0 Å². The molecule has 1 N–H and O–H groups in total. The Morgan fingerprint density at radius 2 is 2.10 bits per heavy atom. The molecule has 0 aliphatic carbocycles. The lowest BCUT2D eigenvalue weighted by molar-refractivity contribution is 0.131. The maximum atomic E-state index is 4.80. The van der Waals surface area contributed by atoms with Gasteiger partial charge in [-0.15, -0.1) is 0 Å². The largest absolute Gasteiger partial charge is 0.317 e. The molecule has 2 rings (SSSR count). The zero-order valence-electron chi connectivity index (χ0n) is 14.2. The van der Waals surface area contributed by atoms with Gasteiger partial charge < -0.3 is 5.32 Å². The van der Waals surface area contributed by atoms with Crippen molar-refractivity contribution in [3.05, 3.63) is 18.0 Å². The van der Waals surface area contributed by atoms with E-state index in [1.807, 2.05) is 0 Å². The number of hydrogen-bond acceptors (Lipinski definition) is 3. The van der Waals surface area contributed by atoms with Crippen LogP contribution in [-0.4, -0.2) is 40.9 Å². The van der Waals surface area contributed by atoms with E-state index < -0.39 is 0 Å². The molecule has 0 bridgehead atoms. The van der Waals surface area contributed by atoms with E-state index in [1.165, 1.54) is 31.6 Å². The summed E-state index contributed by atoms with van der Waals surface area (Å²) < 4.78 is 2.16. The highest BCUT2D eigenvalue weighted by Crippen LogP contribution is 2.22. The van der Waals surface area contributed by atoms with Crippen molar-refractivity contribution in [2.24, 2.45) is 5.92 Å². The fraction of sp³-hybridized carbons (Fsp3) is 0.824. The van der Waals surface area contributed by atoms with Crippen LogP contribution < -0.4 is 5.32 Å². The second kappa shape index (κ2) is 7.95. The van der Waals surface area contributed by atoms with Gasteiger partial charge in [0.25, 0.3) is 0 Å². The van der Waals surface area contributed by atoms with Gasteiger partial charge in [0.2, 0.25) is 0 Å². The third-order valence-electron chi connectivity index (χ3n) is 5.08. The maximum Gasteiger partial charge on any atom is 0.0764 e. The van der Waals surface area contributed by atoms with Crippen molar-refractivity contribution in [1.82, 2.24) is 20.0 Å². The van der Waals surface area contributed by atoms with Crippen LogP contribution in [0.2, 0.25) is 0 Å². The number of likely N-dealkylation sites (tertiary alicyclic amines) is 1. The summed E-state index contributed by atoms with van der Waals surface area (Å²) in [4.78, 5) is 2.57. The van der Waals surface area contributed by atoms with E-state index in [4.69, 9.17) is 5.10 Å². The molecule has 1 aliphatic heterocycles. The van der Waals surface area contributed by atoms with Crippen LogP contribution in [0.3, 0.4) is 0 Å². The van der Waals surface area contributed by atoms with E-state index in [1.54, 1.807) is 0 Å². The van der Waals surface area contributed by atoms with Gasteiger partial charge in [0.05, 0.1) is 11.7 Å². The lowest BCUT2D eigenvalue weighted by Crippen LogP contribution is -2.47. The van der Waals surface area contributed by atoms with E-state index in [0.717, 1.165) is 25.3 Å². The van der Waals surface area contributed by atoms with Crippen LogP contribution in [0.5, 0.6) is 0 Å². The first-order valence-electron chi connectivity index (χ1n) is 8.65. The summed E-state index contributed by atoms with van der Waals surface area (Å²) in [6.07, 6.45) is 6.98. The Hall–Kier alpha value is -0.870. The zero-order valence-corrected chi connectivity index (χ0v) is 14.2. The number of hydrogen-bond donors (Lipinski definition) is 1. The standard InChI is InChI=1S/C17H32N4/c1-5-14-12-20(10-9-17(14)18-4)13-15-8-11-21(19-15)16(6-2)7-3/h8,11,14,16-18H,5-7,9-10,12-13H2,1-4H3. The molecule has 4 heteroatoms. The van der Waals surface area contributed by atoms with Crippen molar-refractivity contribution >= 4 is 0 Å². The Balaban J connectivity index is 1.93. The third kappa shape index (κ3) is 4.07. The summed E-state index contributed by atoms with van der Waals surface area (Å²) >= 11 is 0. The molecular formula is C17H32N4. The summed E-state index contributed by atoms with van der Waals surface area (Å²) in [7, 11) is 2.10. The van der Waals surface area contributed by atoms with Crippen molar-refractivity contribution < 1.29 is 0 Å². The van der Waals surface area contributed by atoms with E-state index in [0.29, 0.717) is 12.1 Å². The van der Waals surface area contributed by atoms with E-state index in [2.05, 4.69) is 55.0 Å². The van der Waals surface area contributed by atoms with Gasteiger partial charge in [-0.05, 0) is 38.3 Å². The quantitative estimate of drug-likeness (QED) is 0.838. The first kappa shape index (κ1) is 16.5. The number of nitrogens with one attached hydrogen (secondary N) is 1. The maximum absolute atomic E-state index is 4.80. The highest BCUT2D eigenvalue weighted by Gasteiger charge is 2.27. The molecular weight excluding hydrogens is 260 g/mol. The molecule has 0 spiro atoms. The molecule has 1 saturated heterocycles. The Morgan fingerprint density at radius 1 is 1.33 bits per heavy atom. The Morgan fingerprint density at radius 3 is 2.71 bits per heavy atom. The first-order valence-corrected chi connectivity index (χ1v) is 8.65. The van der Waals surface area contributed by atoms with Gasteiger partial charge in [0.15, 0.2) is 0 Å². The van der Waals surface area contributed by atoms with Gasteiger partial charge in [0, 0.05) is 31.9 Å². The monoisotopic (exact) mass is 292 g/mol. The lowest BCUT2D eigenvalue weighted by Gasteiger charge is -2.37. The molecule has 1 aromatic heterocycles. The van der Waals surface area contributed by atoms with Gasteiger partial charge in [-0.1, -0.05) is 27.2 Å². The smallest absolute Gasteiger partial charge is 0.0764 e. The SMILES string of the molecule is CCC1CN(Cc2ccn(C(CC)CC)n2)CCC1NC. The molecule has 0 aromatic carbocycles. The van der Waals surface area contributed by atoms with Gasteiger partial charge in [-0.3, -0.25) is 9.58 Å². The van der Waals surface area contributed by atoms with Crippen molar-refractivity contribution in [3.8, 4) is 0 Å². The van der Waals surface area contributed by atoms with Crippen molar-refractivity contribution in [1.29, 1.82) is 0 Å². The molecule has 1 aliphatic rings. The third-order valence-corrected chi connectivity index (χ3v) is 5.08. The number of piperidine rings is 1. The minimum absolute atomic E-state index is 0.553. The highest BCUT2D eigenvalue weighted by atomic mass is 15.3. The molecule has 2 heterocycles. The molecule has 21 heavy (non-hydrogen) atoms. The van der Waals surface area contributed by atoms with Crippen LogP contribution in [0.1, 0.15) is 58.2 Å². The summed E-state index contributed by atoms with van der Waals surface area (Å²) in [6.45, 7) is 10.2. The van der Waals surface area contributed by atoms with E-state index >= 15 is 0 Å². The second-order valence-electron chi connectivity index (χ2n) is 6.34. The van der Waals surface area contributed by atoms with Crippen LogP contribution in [-0.2, 0) is 6.54 Å². The van der Waals surface area contributed by atoms with Gasteiger partial charge in [-0.25, -0.2) is 0 Å². The fourth-order valence-electron chi connectivity index (χ4n) is 3.60. The summed E-state index contributed by atoms with van der Waals surface area (Å²) in [6, 6.07) is 3.44. The zero-order chi connectivity index (χ0) is 15.2. The van der Waals surface area contributed by atoms with Crippen LogP contribution >= 0.6 is 0 Å². The second-order valence-corrected chi connectivity index (χ2v) is 6.34. The lowest BCUT2D eigenvalue weighted by atomic mass is 9.90. The van der Waals surface area contributed by atoms with E-state index in [-0.39, 0.29) is 0 Å². The molecule has 2 unspecified atom stereocenters. The van der Waals surface area contributed by atoms with Crippen LogP contribution in [0.15, 0.2) is 12.3 Å². The molecule has 1 fully saturated rings. The molecule has 4 nitrogen and oxygen atoms in total. The molecule has 0 saturated carbocycles. The molecule has 1 aromatic rings. The number of rotatable bonds is 7. The minimum Gasteiger partial charge on any atom is -0.317 e. The van der Waals surface area contributed by atoms with Gasteiger partial charge >= 0.3 is 0 Å². The predicted molar refractivity (Wildman–Crippen MR) is 88.4 cm³/mol. The number of nitrogens with zero attached hydrogens (tertiary/aromatic N) is 3. The normalized spacial score (nSPS) is 23.9. The van der Waals surface area contributed by atoms with E-state index in [9.17, 15) is 0 Å². The van der Waals surface area contributed by atoms with Crippen molar-refractivity contribution in [3.63, 3.8) is 0 Å². The molecule has 2 atom stereocenters. The molecule has 120 valence electrons. The topological polar surface area (TPSA) is 33.1 Å². The molecule has 0 radical (unpaired) electrons. The van der Waals surface area contributed by atoms with Gasteiger partial charge in [0.1, 0.15) is 0 Å². The highest BCUT2D eigenvalue weighted by molar-refractivity contribution is 5.00.